The summed E-state index contributed by atoms with van der Waals surface area (Å²) in [6, 6.07) is 11.7. The summed E-state index contributed by atoms with van der Waals surface area (Å²) in [7, 11) is 1.58. The van der Waals surface area contributed by atoms with E-state index in [0.717, 1.165) is 17.3 Å². The molecule has 5 nitrogen and oxygen atoms in total. The predicted molar refractivity (Wildman–Crippen MR) is 97.4 cm³/mol. The zero-order chi connectivity index (χ0) is 18.7. The van der Waals surface area contributed by atoms with Crippen molar-refractivity contribution in [3.8, 4) is 5.75 Å². The lowest BCUT2D eigenvalue weighted by Crippen LogP contribution is -2.10. The quantitative estimate of drug-likeness (QED) is 0.652. The van der Waals surface area contributed by atoms with Gasteiger partial charge in [0.15, 0.2) is 5.82 Å². The minimum Gasteiger partial charge on any atom is -0.496 e. The van der Waals surface area contributed by atoms with Crippen molar-refractivity contribution in [2.45, 2.75) is 13.8 Å². The third kappa shape index (κ3) is 3.56. The highest BCUT2D eigenvalue weighted by Crippen LogP contribution is 2.30. The molecule has 1 aromatic heterocycles. The number of hydrogen-bond donors (Lipinski definition) is 1. The lowest BCUT2D eigenvalue weighted by Gasteiger charge is -2.15. The third-order valence-electron chi connectivity index (χ3n) is 3.99. The standard InChI is InChI=1S/C19H18F2N4O/c1-12-9-14(10-17(26-3)13(12)2)23-19-22-11-16(20)18(24-19)25(21)15-7-5-4-6-8-15/h4-11H,1-3H3,(H,22,23,24). The first-order valence-corrected chi connectivity index (χ1v) is 7.95. The van der Waals surface area contributed by atoms with Crippen LogP contribution in [0.4, 0.5) is 32.0 Å². The first-order valence-electron chi connectivity index (χ1n) is 7.95. The Morgan fingerprint density at radius 3 is 2.54 bits per heavy atom. The van der Waals surface area contributed by atoms with Crippen LogP contribution in [0.15, 0.2) is 48.7 Å². The number of halogens is 2. The van der Waals surface area contributed by atoms with Gasteiger partial charge in [0.25, 0.3) is 0 Å². The molecule has 0 radical (unpaired) electrons. The molecule has 0 aliphatic rings. The van der Waals surface area contributed by atoms with E-state index >= 15 is 0 Å². The minimum atomic E-state index is -0.862. The molecule has 0 amide bonds. The maximum Gasteiger partial charge on any atom is 0.229 e. The second-order valence-electron chi connectivity index (χ2n) is 5.73. The summed E-state index contributed by atoms with van der Waals surface area (Å²) in [4.78, 5) is 7.85. The molecule has 1 heterocycles. The molecule has 7 heteroatoms. The van der Waals surface area contributed by atoms with E-state index in [1.807, 2.05) is 19.9 Å². The topological polar surface area (TPSA) is 50.3 Å². The van der Waals surface area contributed by atoms with Crippen LogP contribution in [0.3, 0.4) is 0 Å². The molecule has 0 aliphatic carbocycles. The second-order valence-corrected chi connectivity index (χ2v) is 5.73. The maximum absolute atomic E-state index is 14.5. The van der Waals surface area contributed by atoms with Gasteiger partial charge in [-0.15, -0.1) is 0 Å². The summed E-state index contributed by atoms with van der Waals surface area (Å²) in [5, 5.41) is 3.14. The van der Waals surface area contributed by atoms with Crippen LogP contribution in [0.25, 0.3) is 0 Å². The lowest BCUT2D eigenvalue weighted by molar-refractivity contribution is 0.411. The van der Waals surface area contributed by atoms with Gasteiger partial charge in [-0.2, -0.15) is 10.1 Å². The van der Waals surface area contributed by atoms with E-state index in [2.05, 4.69) is 15.3 Å². The largest absolute Gasteiger partial charge is 0.496 e. The van der Waals surface area contributed by atoms with E-state index in [4.69, 9.17) is 4.74 Å². The predicted octanol–water partition coefficient (Wildman–Crippen LogP) is 5.01. The van der Waals surface area contributed by atoms with Gasteiger partial charge < -0.3 is 10.1 Å². The summed E-state index contributed by atoms with van der Waals surface area (Å²) in [6.45, 7) is 3.89. The number of aromatic nitrogens is 2. The number of benzene rings is 2. The van der Waals surface area contributed by atoms with E-state index < -0.39 is 11.6 Å². The molecule has 0 atom stereocenters. The highest BCUT2D eigenvalue weighted by molar-refractivity contribution is 5.63. The number of anilines is 4. The molecule has 0 saturated carbocycles. The van der Waals surface area contributed by atoms with Crippen LogP contribution in [0.5, 0.6) is 5.75 Å². The smallest absolute Gasteiger partial charge is 0.229 e. The molecule has 0 saturated heterocycles. The number of ether oxygens (including phenoxy) is 1. The average molecular weight is 356 g/mol. The summed E-state index contributed by atoms with van der Waals surface area (Å²) in [6.07, 6.45) is 0.929. The van der Waals surface area contributed by atoms with Gasteiger partial charge in [0, 0.05) is 11.8 Å². The van der Waals surface area contributed by atoms with E-state index in [1.165, 1.54) is 12.1 Å². The fourth-order valence-electron chi connectivity index (χ4n) is 2.48. The Hall–Kier alpha value is -3.22. The monoisotopic (exact) mass is 356 g/mol. The molecular formula is C19H18F2N4O. The Morgan fingerprint density at radius 1 is 1.12 bits per heavy atom. The highest BCUT2D eigenvalue weighted by atomic mass is 19.2. The van der Waals surface area contributed by atoms with Crippen LogP contribution in [-0.4, -0.2) is 17.1 Å². The van der Waals surface area contributed by atoms with Crippen molar-refractivity contribution in [3.63, 3.8) is 0 Å². The molecule has 0 aliphatic heterocycles. The minimum absolute atomic E-state index is 0.0743. The Morgan fingerprint density at radius 2 is 1.85 bits per heavy atom. The van der Waals surface area contributed by atoms with Gasteiger partial charge in [0.1, 0.15) is 5.75 Å². The molecule has 2 aromatic carbocycles. The highest BCUT2D eigenvalue weighted by Gasteiger charge is 2.17. The summed E-state index contributed by atoms with van der Waals surface area (Å²) in [5.41, 5.74) is 2.85. The van der Waals surface area contributed by atoms with Gasteiger partial charge >= 0.3 is 0 Å². The van der Waals surface area contributed by atoms with Gasteiger partial charge in [-0.05, 0) is 43.2 Å². The van der Waals surface area contributed by atoms with Crippen molar-refractivity contribution in [3.05, 3.63) is 65.6 Å². The molecule has 3 aromatic rings. The number of nitrogens with one attached hydrogen (secondary N) is 1. The van der Waals surface area contributed by atoms with Crippen molar-refractivity contribution in [1.29, 1.82) is 0 Å². The fraction of sp³-hybridized carbons (Fsp3) is 0.158. The average Bonchev–Trinajstić information content (AvgIpc) is 2.66. The Kier molecular flexibility index (Phi) is 4.97. The Labute approximate surface area is 150 Å². The number of methoxy groups -OCH3 is 1. The van der Waals surface area contributed by atoms with E-state index in [-0.39, 0.29) is 16.8 Å². The van der Waals surface area contributed by atoms with E-state index in [1.54, 1.807) is 31.4 Å². The van der Waals surface area contributed by atoms with Crippen molar-refractivity contribution < 1.29 is 13.6 Å². The van der Waals surface area contributed by atoms with Crippen molar-refractivity contribution in [1.82, 2.24) is 9.97 Å². The van der Waals surface area contributed by atoms with Crippen molar-refractivity contribution >= 4 is 23.1 Å². The van der Waals surface area contributed by atoms with Crippen molar-refractivity contribution in [2.24, 2.45) is 0 Å². The summed E-state index contributed by atoms with van der Waals surface area (Å²) < 4.78 is 33.9. The van der Waals surface area contributed by atoms with Crippen molar-refractivity contribution in [2.75, 3.05) is 17.5 Å². The van der Waals surface area contributed by atoms with E-state index in [0.29, 0.717) is 11.4 Å². The van der Waals surface area contributed by atoms with Gasteiger partial charge in [-0.3, -0.25) is 0 Å². The third-order valence-corrected chi connectivity index (χ3v) is 3.99. The molecule has 134 valence electrons. The zero-order valence-corrected chi connectivity index (χ0v) is 14.6. The lowest BCUT2D eigenvalue weighted by atomic mass is 10.1. The normalized spacial score (nSPS) is 10.5. The first-order chi connectivity index (χ1) is 12.5. The molecule has 26 heavy (non-hydrogen) atoms. The van der Waals surface area contributed by atoms with Crippen LogP contribution in [0, 0.1) is 19.7 Å². The zero-order valence-electron chi connectivity index (χ0n) is 14.6. The first kappa shape index (κ1) is 17.6. The van der Waals surface area contributed by atoms with Gasteiger partial charge in [-0.1, -0.05) is 22.7 Å². The maximum atomic E-state index is 14.5. The molecule has 1 N–H and O–H groups in total. The number of hydrogen-bond acceptors (Lipinski definition) is 5. The van der Waals surface area contributed by atoms with Gasteiger partial charge in [-0.25, -0.2) is 9.37 Å². The fourth-order valence-corrected chi connectivity index (χ4v) is 2.48. The number of nitrogens with zero attached hydrogens (tertiary/aromatic N) is 3. The molecule has 0 spiro atoms. The summed E-state index contributed by atoms with van der Waals surface area (Å²) in [5.74, 6) is -0.555. The second kappa shape index (κ2) is 7.35. The van der Waals surface area contributed by atoms with Crippen LogP contribution >= 0.6 is 0 Å². The molecule has 0 bridgehead atoms. The molecule has 0 unspecified atom stereocenters. The van der Waals surface area contributed by atoms with Crippen LogP contribution in [-0.2, 0) is 0 Å². The summed E-state index contributed by atoms with van der Waals surface area (Å²) >= 11 is 0. The van der Waals surface area contributed by atoms with E-state index in [9.17, 15) is 8.87 Å². The number of rotatable bonds is 5. The SMILES string of the molecule is COc1cc(Nc2ncc(F)c(N(F)c3ccccc3)n2)cc(C)c1C. The van der Waals surface area contributed by atoms with Crippen LogP contribution < -0.4 is 15.2 Å². The Balaban J connectivity index is 1.92. The molecular weight excluding hydrogens is 338 g/mol. The Bertz CT molecular complexity index is 919. The number of para-hydroxylation sites is 1. The molecule has 0 fully saturated rings. The number of aryl methyl sites for hydroxylation is 1. The van der Waals surface area contributed by atoms with Crippen LogP contribution in [0.1, 0.15) is 11.1 Å². The molecule has 3 rings (SSSR count). The van der Waals surface area contributed by atoms with Gasteiger partial charge in [0.2, 0.25) is 11.8 Å². The van der Waals surface area contributed by atoms with Crippen LogP contribution in [0.2, 0.25) is 0 Å². The van der Waals surface area contributed by atoms with Gasteiger partial charge in [0.05, 0.1) is 19.0 Å².